The van der Waals surface area contributed by atoms with Gasteiger partial charge in [-0.1, -0.05) is 0 Å². The van der Waals surface area contributed by atoms with Crippen LogP contribution in [-0.2, 0) is 33.6 Å². The van der Waals surface area contributed by atoms with Gasteiger partial charge in [0.2, 0.25) is 17.6 Å². The molecule has 0 aromatic carbocycles. The molecule has 0 heterocycles. The zero-order valence-electron chi connectivity index (χ0n) is 18.8. The Labute approximate surface area is 198 Å². The number of nitrogens with two attached hydrogens (primary N) is 1. The zero-order valence-corrected chi connectivity index (χ0v) is 18.8. The van der Waals surface area contributed by atoms with Crippen molar-refractivity contribution in [1.29, 1.82) is 0 Å². The molecule has 3 atom stereocenters. The summed E-state index contributed by atoms with van der Waals surface area (Å²) in [6.45, 7) is -0.216. The lowest BCUT2D eigenvalue weighted by Gasteiger charge is -2.21. The van der Waals surface area contributed by atoms with Gasteiger partial charge in [-0.05, 0) is 25.7 Å². The van der Waals surface area contributed by atoms with E-state index in [1.54, 1.807) is 0 Å². The quantitative estimate of drug-likeness (QED) is 0.0520. The summed E-state index contributed by atoms with van der Waals surface area (Å²) in [5, 5.41) is 34.2. The molecular formula is C17H28N6O12. The maximum absolute atomic E-state index is 12.6. The molecule has 3 amide bonds. The molecule has 0 aliphatic rings. The number of ketones is 1. The Morgan fingerprint density at radius 2 is 1.69 bits per heavy atom. The van der Waals surface area contributed by atoms with Gasteiger partial charge in [-0.25, -0.2) is 0 Å². The van der Waals surface area contributed by atoms with E-state index in [-0.39, 0.29) is 32.2 Å². The molecule has 0 aromatic heterocycles. The van der Waals surface area contributed by atoms with Gasteiger partial charge in [-0.15, -0.1) is 20.2 Å². The molecule has 0 fully saturated rings. The Hall–Kier alpha value is -4.09. The van der Waals surface area contributed by atoms with E-state index in [4.69, 9.17) is 10.8 Å². The smallest absolute Gasteiger partial charge is 0.320 e. The van der Waals surface area contributed by atoms with Crippen LogP contribution in [0.15, 0.2) is 0 Å². The highest BCUT2D eigenvalue weighted by Gasteiger charge is 2.24. The predicted octanol–water partition coefficient (Wildman–Crippen LogP) is -2.56. The van der Waals surface area contributed by atoms with Crippen LogP contribution in [0.25, 0.3) is 0 Å². The lowest BCUT2D eigenvalue weighted by molar-refractivity contribution is -0.789. The summed E-state index contributed by atoms with van der Waals surface area (Å²) < 4.78 is 0. The van der Waals surface area contributed by atoms with Crippen molar-refractivity contribution in [2.45, 2.75) is 57.2 Å². The summed E-state index contributed by atoms with van der Waals surface area (Å²) in [6.07, 6.45) is -1.40. The Bertz CT molecular complexity index is 792. The lowest BCUT2D eigenvalue weighted by Crippen LogP contribution is -2.49. The number of carbonyl (C=O) groups is 5. The summed E-state index contributed by atoms with van der Waals surface area (Å²) in [7, 11) is 0. The van der Waals surface area contributed by atoms with Crippen LogP contribution in [0.5, 0.6) is 0 Å². The molecule has 198 valence electrons. The van der Waals surface area contributed by atoms with Gasteiger partial charge < -0.3 is 36.5 Å². The number of Topliss-reactive ketones (excluding diaryl/α,β-unsaturated/α-hetero) is 1. The predicted molar refractivity (Wildman–Crippen MR) is 112 cm³/mol. The van der Waals surface area contributed by atoms with Crippen LogP contribution >= 0.6 is 0 Å². The highest BCUT2D eigenvalue weighted by atomic mass is 17.0. The summed E-state index contributed by atoms with van der Waals surface area (Å²) in [5.74, 6) is -4.28. The first-order chi connectivity index (χ1) is 16.3. The minimum Gasteiger partial charge on any atom is -0.480 e. The fourth-order valence-electron chi connectivity index (χ4n) is 2.48. The van der Waals surface area contributed by atoms with Gasteiger partial charge in [-0.3, -0.25) is 24.0 Å². The van der Waals surface area contributed by atoms with E-state index >= 15 is 0 Å². The molecule has 6 N–H and O–H groups in total. The highest BCUT2D eigenvalue weighted by Crippen LogP contribution is 2.04. The third kappa shape index (κ3) is 15.4. The number of carbonyl (C=O) groups excluding carboxylic acids is 4. The number of rotatable bonds is 19. The lowest BCUT2D eigenvalue weighted by atomic mass is 10.1. The molecule has 0 saturated heterocycles. The number of hydrogen-bond donors (Lipinski definition) is 5. The average Bonchev–Trinajstić information content (AvgIpc) is 2.77. The van der Waals surface area contributed by atoms with Gasteiger partial charge in [0, 0.05) is 26.4 Å². The van der Waals surface area contributed by atoms with Crippen molar-refractivity contribution in [3.63, 3.8) is 0 Å². The maximum atomic E-state index is 12.6. The van der Waals surface area contributed by atoms with Crippen LogP contribution in [0.1, 0.15) is 39.0 Å². The minimum absolute atomic E-state index is 0.0324. The first kappa shape index (κ1) is 30.9. The minimum atomic E-state index is -1.52. The van der Waals surface area contributed by atoms with E-state index < -0.39 is 71.0 Å². The van der Waals surface area contributed by atoms with Crippen molar-refractivity contribution < 1.29 is 48.9 Å². The molecule has 0 spiro atoms. The van der Waals surface area contributed by atoms with Crippen molar-refractivity contribution in [2.75, 3.05) is 19.7 Å². The second-order valence-corrected chi connectivity index (χ2v) is 7.13. The number of aliphatic carboxylic acids is 1. The van der Waals surface area contributed by atoms with Crippen LogP contribution in [0, 0.1) is 20.2 Å². The maximum Gasteiger partial charge on any atom is 0.320 e. The van der Waals surface area contributed by atoms with Crippen molar-refractivity contribution >= 4 is 29.5 Å². The van der Waals surface area contributed by atoms with Gasteiger partial charge in [0.25, 0.3) is 16.1 Å². The van der Waals surface area contributed by atoms with E-state index in [0.717, 1.165) is 6.92 Å². The number of carboxylic acid groups (broad SMARTS) is 1. The van der Waals surface area contributed by atoms with E-state index in [0.29, 0.717) is 6.42 Å². The van der Waals surface area contributed by atoms with Gasteiger partial charge in [0.05, 0.1) is 0 Å². The molecule has 0 bridgehead atoms. The number of carboxylic acids is 1. The van der Waals surface area contributed by atoms with E-state index in [1.807, 2.05) is 0 Å². The average molecular weight is 508 g/mol. The summed E-state index contributed by atoms with van der Waals surface area (Å²) in [5.41, 5.74) is 5.34. The number of hydrogen-bond acceptors (Lipinski definition) is 12. The van der Waals surface area contributed by atoms with Gasteiger partial charge in [0.15, 0.2) is 0 Å². The Morgan fingerprint density at radius 1 is 1.03 bits per heavy atom. The molecule has 35 heavy (non-hydrogen) atoms. The number of nitrogens with one attached hydrogen (secondary N) is 3. The Morgan fingerprint density at radius 3 is 2.23 bits per heavy atom. The van der Waals surface area contributed by atoms with Gasteiger partial charge in [0.1, 0.15) is 24.8 Å². The highest BCUT2D eigenvalue weighted by molar-refractivity contribution is 6.35. The molecule has 18 nitrogen and oxygen atoms in total. The Kier molecular flexibility index (Phi) is 14.6. The molecule has 0 rings (SSSR count). The van der Waals surface area contributed by atoms with Crippen molar-refractivity contribution in [1.82, 2.24) is 16.0 Å². The molecule has 0 unspecified atom stereocenters. The molecular weight excluding hydrogens is 480 g/mol. The monoisotopic (exact) mass is 508 g/mol. The fraction of sp³-hybridized carbons (Fsp3) is 0.706. The van der Waals surface area contributed by atoms with Crippen molar-refractivity contribution in [3.8, 4) is 0 Å². The standard InChI is InChI=1S/C17H28N6O12/c1-10(24)15(26)19-7-3-2-4-13(21-14(25)6-5-12(18)17(28)29)16(27)20-8-11(35-23(32)33)9-34-22(30)31/h11-13H,2-9,18H2,1H3,(H,19,26)(H,20,27)(H,21,25)(H,28,29)/t11-,12+,13+/m1/s1. The molecule has 0 aliphatic heterocycles. The largest absolute Gasteiger partial charge is 0.480 e. The second-order valence-electron chi connectivity index (χ2n) is 7.13. The van der Waals surface area contributed by atoms with Crippen LogP contribution in [0.2, 0.25) is 0 Å². The summed E-state index contributed by atoms with van der Waals surface area (Å²) >= 11 is 0. The zero-order chi connectivity index (χ0) is 27.0. The van der Waals surface area contributed by atoms with E-state index in [9.17, 15) is 44.2 Å². The molecule has 18 heteroatoms. The summed E-state index contributed by atoms with van der Waals surface area (Å²) in [4.78, 5) is 86.7. The SMILES string of the molecule is CC(=O)C(=O)NCCCC[C@H](NC(=O)CC[C@H](N)C(=O)O)C(=O)NC[C@H](CO[N+](=O)[O-])O[N+](=O)[O-]. The van der Waals surface area contributed by atoms with E-state index in [1.165, 1.54) is 0 Å². The first-order valence-corrected chi connectivity index (χ1v) is 10.3. The normalized spacial score (nSPS) is 12.9. The summed E-state index contributed by atoms with van der Waals surface area (Å²) in [6, 6.07) is -2.47. The second kappa shape index (κ2) is 16.5. The topological polar surface area (TPSA) is 272 Å². The van der Waals surface area contributed by atoms with E-state index in [2.05, 4.69) is 25.6 Å². The van der Waals surface area contributed by atoms with Crippen LogP contribution in [-0.4, -0.2) is 82.6 Å². The molecule has 0 radical (unpaired) electrons. The van der Waals surface area contributed by atoms with Crippen molar-refractivity contribution in [3.05, 3.63) is 20.2 Å². The van der Waals surface area contributed by atoms with Crippen LogP contribution in [0.3, 0.4) is 0 Å². The number of unbranched alkanes of at least 4 members (excludes halogenated alkanes) is 1. The number of nitrogens with zero attached hydrogens (tertiary/aromatic N) is 2. The molecule has 0 saturated carbocycles. The Balaban J connectivity index is 5.00. The first-order valence-electron chi connectivity index (χ1n) is 10.3. The third-order valence-corrected chi connectivity index (χ3v) is 4.28. The van der Waals surface area contributed by atoms with Crippen LogP contribution in [0.4, 0.5) is 0 Å². The fourth-order valence-corrected chi connectivity index (χ4v) is 2.48. The third-order valence-electron chi connectivity index (χ3n) is 4.28. The van der Waals surface area contributed by atoms with Gasteiger partial charge >= 0.3 is 5.97 Å². The van der Waals surface area contributed by atoms with Gasteiger partial charge in [-0.2, -0.15) is 0 Å². The van der Waals surface area contributed by atoms with Crippen molar-refractivity contribution in [2.24, 2.45) is 5.73 Å². The van der Waals surface area contributed by atoms with Crippen LogP contribution < -0.4 is 21.7 Å². The molecule has 0 aromatic rings. The molecule has 0 aliphatic carbocycles. The number of amides is 3.